The average molecular weight is 207 g/mol. The first-order valence-electron chi connectivity index (χ1n) is 4.77. The summed E-state index contributed by atoms with van der Waals surface area (Å²) in [5.74, 6) is 0. The predicted molar refractivity (Wildman–Crippen MR) is 63.0 cm³/mol. The number of urea groups is 1. The van der Waals surface area contributed by atoms with Gasteiger partial charge in [0, 0.05) is 19.8 Å². The summed E-state index contributed by atoms with van der Waals surface area (Å²) in [5.41, 5.74) is 9.18. The Morgan fingerprint density at radius 2 is 1.93 bits per heavy atom. The number of nitrogens with two attached hydrogens (primary N) is 1. The summed E-state index contributed by atoms with van der Waals surface area (Å²) in [6, 6.07) is 3.59. The number of rotatable bonds is 1. The van der Waals surface area contributed by atoms with Crippen LogP contribution in [0.5, 0.6) is 0 Å². The van der Waals surface area contributed by atoms with Gasteiger partial charge in [-0.05, 0) is 31.0 Å². The first-order chi connectivity index (χ1) is 6.93. The number of nitrogen functional groups attached to an aromatic ring is 1. The molecule has 0 fully saturated rings. The smallest absolute Gasteiger partial charge is 0.321 e. The lowest BCUT2D eigenvalue weighted by molar-refractivity contribution is 0.230. The van der Waals surface area contributed by atoms with E-state index >= 15 is 0 Å². The summed E-state index contributed by atoms with van der Waals surface area (Å²) in [5, 5.41) is 2.83. The Balaban J connectivity index is 3.04. The summed E-state index contributed by atoms with van der Waals surface area (Å²) >= 11 is 0. The largest absolute Gasteiger partial charge is 0.398 e. The van der Waals surface area contributed by atoms with Gasteiger partial charge in [-0.1, -0.05) is 6.07 Å². The van der Waals surface area contributed by atoms with Crippen molar-refractivity contribution in [1.82, 2.24) is 4.90 Å². The number of nitrogens with zero attached hydrogens (tertiary/aromatic N) is 1. The van der Waals surface area contributed by atoms with E-state index in [9.17, 15) is 4.79 Å². The number of carbonyl (C=O) groups is 1. The van der Waals surface area contributed by atoms with Crippen LogP contribution < -0.4 is 11.1 Å². The molecule has 0 aromatic heterocycles. The minimum Gasteiger partial charge on any atom is -0.398 e. The van der Waals surface area contributed by atoms with E-state index in [1.54, 1.807) is 14.1 Å². The Morgan fingerprint density at radius 1 is 1.33 bits per heavy atom. The number of benzene rings is 1. The second kappa shape index (κ2) is 4.21. The van der Waals surface area contributed by atoms with Crippen LogP contribution in [0.2, 0.25) is 0 Å². The van der Waals surface area contributed by atoms with Crippen molar-refractivity contribution in [1.29, 1.82) is 0 Å². The van der Waals surface area contributed by atoms with Crippen molar-refractivity contribution in [2.24, 2.45) is 0 Å². The van der Waals surface area contributed by atoms with E-state index in [4.69, 9.17) is 5.73 Å². The summed E-state index contributed by atoms with van der Waals surface area (Å²) in [7, 11) is 3.40. The molecule has 2 amide bonds. The molecule has 1 aromatic carbocycles. The zero-order chi connectivity index (χ0) is 11.6. The highest BCUT2D eigenvalue weighted by Gasteiger charge is 2.10. The van der Waals surface area contributed by atoms with Crippen molar-refractivity contribution in [3.8, 4) is 0 Å². The summed E-state index contributed by atoms with van der Waals surface area (Å²) < 4.78 is 0. The molecule has 0 aliphatic carbocycles. The Kier molecular flexibility index (Phi) is 3.19. The fourth-order valence-electron chi connectivity index (χ4n) is 1.27. The maximum atomic E-state index is 11.5. The maximum Gasteiger partial charge on any atom is 0.321 e. The van der Waals surface area contributed by atoms with Crippen molar-refractivity contribution in [2.75, 3.05) is 25.1 Å². The molecular weight excluding hydrogens is 190 g/mol. The molecule has 0 aliphatic heterocycles. The van der Waals surface area contributed by atoms with Crippen molar-refractivity contribution in [2.45, 2.75) is 13.8 Å². The van der Waals surface area contributed by atoms with E-state index in [2.05, 4.69) is 5.32 Å². The third-order valence-electron chi connectivity index (χ3n) is 2.35. The lowest BCUT2D eigenvalue weighted by atomic mass is 10.1. The van der Waals surface area contributed by atoms with Crippen LogP contribution in [-0.2, 0) is 0 Å². The second-order valence-corrected chi connectivity index (χ2v) is 3.80. The lowest BCUT2D eigenvalue weighted by Gasteiger charge is -2.16. The second-order valence-electron chi connectivity index (χ2n) is 3.80. The van der Waals surface area contributed by atoms with Gasteiger partial charge in [-0.3, -0.25) is 0 Å². The molecule has 0 saturated heterocycles. The maximum absolute atomic E-state index is 11.5. The summed E-state index contributed by atoms with van der Waals surface area (Å²) in [6.07, 6.45) is 0. The van der Waals surface area contributed by atoms with Crippen LogP contribution in [0.3, 0.4) is 0 Å². The van der Waals surface area contributed by atoms with E-state index in [1.807, 2.05) is 26.0 Å². The lowest BCUT2D eigenvalue weighted by Crippen LogP contribution is -2.28. The normalized spacial score (nSPS) is 9.87. The standard InChI is InChI=1S/C11H17N3O/c1-7-5-6-9(12)8(2)10(7)13-11(15)14(3)4/h5-6H,12H2,1-4H3,(H,13,15). The van der Waals surface area contributed by atoms with Crippen molar-refractivity contribution < 1.29 is 4.79 Å². The fourth-order valence-corrected chi connectivity index (χ4v) is 1.27. The molecule has 4 heteroatoms. The van der Waals surface area contributed by atoms with Crippen LogP contribution in [0.25, 0.3) is 0 Å². The minimum atomic E-state index is -0.146. The van der Waals surface area contributed by atoms with Crippen molar-refractivity contribution in [3.63, 3.8) is 0 Å². The fraction of sp³-hybridized carbons (Fsp3) is 0.364. The quantitative estimate of drug-likeness (QED) is 0.692. The Labute approximate surface area is 90.1 Å². The minimum absolute atomic E-state index is 0.146. The van der Waals surface area contributed by atoms with Gasteiger partial charge in [0.25, 0.3) is 0 Å². The zero-order valence-corrected chi connectivity index (χ0v) is 9.59. The summed E-state index contributed by atoms with van der Waals surface area (Å²) in [4.78, 5) is 13.0. The topological polar surface area (TPSA) is 58.4 Å². The molecule has 82 valence electrons. The highest BCUT2D eigenvalue weighted by Crippen LogP contribution is 2.25. The molecule has 0 spiro atoms. The molecular formula is C11H17N3O. The van der Waals surface area contributed by atoms with Gasteiger partial charge in [-0.2, -0.15) is 0 Å². The van der Waals surface area contributed by atoms with Gasteiger partial charge in [-0.15, -0.1) is 0 Å². The number of hydrogen-bond donors (Lipinski definition) is 2. The van der Waals surface area contributed by atoms with E-state index in [1.165, 1.54) is 4.90 Å². The molecule has 0 saturated carbocycles. The average Bonchev–Trinajstić information content (AvgIpc) is 2.18. The van der Waals surface area contributed by atoms with Crippen LogP contribution in [0.15, 0.2) is 12.1 Å². The molecule has 4 nitrogen and oxygen atoms in total. The first-order valence-corrected chi connectivity index (χ1v) is 4.77. The first kappa shape index (κ1) is 11.4. The molecule has 3 N–H and O–H groups in total. The van der Waals surface area contributed by atoms with E-state index in [0.29, 0.717) is 5.69 Å². The molecule has 0 heterocycles. The number of anilines is 2. The SMILES string of the molecule is Cc1ccc(N)c(C)c1NC(=O)N(C)C. The Morgan fingerprint density at radius 3 is 2.47 bits per heavy atom. The third kappa shape index (κ3) is 2.40. The van der Waals surface area contributed by atoms with Crippen LogP contribution in [0, 0.1) is 13.8 Å². The Bertz CT molecular complexity index is 386. The molecule has 0 radical (unpaired) electrons. The van der Waals surface area contributed by atoms with E-state index in [0.717, 1.165) is 16.8 Å². The van der Waals surface area contributed by atoms with Gasteiger partial charge in [0.05, 0.1) is 5.69 Å². The zero-order valence-electron chi connectivity index (χ0n) is 9.59. The van der Waals surface area contributed by atoms with E-state index < -0.39 is 0 Å². The molecule has 15 heavy (non-hydrogen) atoms. The highest BCUT2D eigenvalue weighted by molar-refractivity contribution is 5.91. The van der Waals surface area contributed by atoms with Gasteiger partial charge >= 0.3 is 6.03 Å². The number of carbonyl (C=O) groups excluding carboxylic acids is 1. The molecule has 0 unspecified atom stereocenters. The van der Waals surface area contributed by atoms with Crippen LogP contribution in [0.1, 0.15) is 11.1 Å². The van der Waals surface area contributed by atoms with Crippen LogP contribution in [0.4, 0.5) is 16.2 Å². The number of amides is 2. The van der Waals surface area contributed by atoms with Gasteiger partial charge < -0.3 is 16.0 Å². The highest BCUT2D eigenvalue weighted by atomic mass is 16.2. The number of nitrogens with one attached hydrogen (secondary N) is 1. The van der Waals surface area contributed by atoms with Crippen LogP contribution >= 0.6 is 0 Å². The van der Waals surface area contributed by atoms with Crippen molar-refractivity contribution in [3.05, 3.63) is 23.3 Å². The van der Waals surface area contributed by atoms with Gasteiger partial charge in [-0.25, -0.2) is 4.79 Å². The summed E-state index contributed by atoms with van der Waals surface area (Å²) in [6.45, 7) is 3.84. The molecule has 1 aromatic rings. The number of aryl methyl sites for hydroxylation is 1. The Hall–Kier alpha value is -1.71. The molecule has 0 atom stereocenters. The van der Waals surface area contributed by atoms with Gasteiger partial charge in [0.1, 0.15) is 0 Å². The van der Waals surface area contributed by atoms with Crippen LogP contribution in [-0.4, -0.2) is 25.0 Å². The molecule has 0 bridgehead atoms. The van der Waals surface area contributed by atoms with Gasteiger partial charge in [0.2, 0.25) is 0 Å². The molecule has 0 aliphatic rings. The van der Waals surface area contributed by atoms with Gasteiger partial charge in [0.15, 0.2) is 0 Å². The monoisotopic (exact) mass is 207 g/mol. The predicted octanol–water partition coefficient (Wildman–Crippen LogP) is 1.98. The van der Waals surface area contributed by atoms with E-state index in [-0.39, 0.29) is 6.03 Å². The number of hydrogen-bond acceptors (Lipinski definition) is 2. The molecule has 1 rings (SSSR count). The van der Waals surface area contributed by atoms with Crippen molar-refractivity contribution >= 4 is 17.4 Å². The third-order valence-corrected chi connectivity index (χ3v) is 2.35.